The zero-order valence-electron chi connectivity index (χ0n) is 9.24. The van der Waals surface area contributed by atoms with Crippen molar-refractivity contribution in [2.45, 2.75) is 19.1 Å². The molecule has 0 heterocycles. The lowest BCUT2D eigenvalue weighted by Gasteiger charge is -2.31. The van der Waals surface area contributed by atoms with Crippen molar-refractivity contribution in [3.8, 4) is 0 Å². The van der Waals surface area contributed by atoms with Crippen molar-refractivity contribution < 1.29 is 18.0 Å². The smallest absolute Gasteiger partial charge is 0.368 e. The van der Waals surface area contributed by atoms with E-state index >= 15 is 0 Å². The highest BCUT2D eigenvalue weighted by molar-refractivity contribution is 5.84. The largest absolute Gasteiger partial charge is 0.417 e. The van der Waals surface area contributed by atoms with E-state index in [1.54, 1.807) is 18.2 Å². The molecule has 0 aliphatic carbocycles. The number of primary amides is 1. The number of rotatable bonds is 4. The molecule has 1 aromatic rings. The van der Waals surface area contributed by atoms with Crippen molar-refractivity contribution in [3.63, 3.8) is 0 Å². The minimum atomic E-state index is -4.68. The first-order chi connectivity index (χ1) is 7.88. The molecule has 0 saturated heterocycles. The molecule has 1 atom stereocenters. The first kappa shape index (κ1) is 13.3. The Morgan fingerprint density at radius 2 is 1.88 bits per heavy atom. The van der Waals surface area contributed by atoms with Gasteiger partial charge in [0.2, 0.25) is 11.9 Å². The molecule has 6 heteroatoms. The summed E-state index contributed by atoms with van der Waals surface area (Å²) < 4.78 is 38.3. The van der Waals surface area contributed by atoms with Crippen molar-refractivity contribution in [1.29, 1.82) is 0 Å². The van der Waals surface area contributed by atoms with Crippen LogP contribution in [0, 0.1) is 0 Å². The van der Waals surface area contributed by atoms with Gasteiger partial charge in [-0.25, -0.2) is 0 Å². The van der Waals surface area contributed by atoms with Crippen LogP contribution in [0.2, 0.25) is 0 Å². The Bertz CT molecular complexity index is 378. The van der Waals surface area contributed by atoms with Crippen LogP contribution in [-0.2, 0) is 4.79 Å². The van der Waals surface area contributed by atoms with Crippen LogP contribution < -0.4 is 10.6 Å². The average Bonchev–Trinajstić information content (AvgIpc) is 2.24. The number of hydrogen-bond acceptors (Lipinski definition) is 2. The third kappa shape index (κ3) is 3.12. The number of nitrogens with two attached hydrogens (primary N) is 1. The Hall–Kier alpha value is -1.72. The van der Waals surface area contributed by atoms with E-state index in [1.165, 1.54) is 19.1 Å². The van der Waals surface area contributed by atoms with Gasteiger partial charge in [0, 0.05) is 12.2 Å². The monoisotopic (exact) mass is 246 g/mol. The molecule has 0 radical (unpaired) electrons. The quantitative estimate of drug-likeness (QED) is 0.882. The second kappa shape index (κ2) is 5.07. The Morgan fingerprint density at radius 1 is 1.35 bits per heavy atom. The highest BCUT2D eigenvalue weighted by Crippen LogP contribution is 2.28. The zero-order chi connectivity index (χ0) is 13.1. The first-order valence-electron chi connectivity index (χ1n) is 5.05. The Labute approximate surface area is 97.0 Å². The van der Waals surface area contributed by atoms with Gasteiger partial charge in [-0.05, 0) is 19.1 Å². The van der Waals surface area contributed by atoms with Gasteiger partial charge >= 0.3 is 6.18 Å². The molecule has 2 N–H and O–H groups in total. The minimum absolute atomic E-state index is 0.0388. The number of para-hydroxylation sites is 1. The van der Waals surface area contributed by atoms with Crippen molar-refractivity contribution in [3.05, 3.63) is 30.3 Å². The molecular formula is C11H13F3N2O. The fraction of sp³-hybridized carbons (Fsp3) is 0.364. The molecule has 0 fully saturated rings. The number of nitrogens with zero attached hydrogens (tertiary/aromatic N) is 1. The van der Waals surface area contributed by atoms with Gasteiger partial charge in [-0.2, -0.15) is 13.2 Å². The number of carbonyl (C=O) groups is 1. The summed E-state index contributed by atoms with van der Waals surface area (Å²) in [6.07, 6.45) is -4.68. The third-order valence-corrected chi connectivity index (χ3v) is 2.32. The number of halogens is 3. The van der Waals surface area contributed by atoms with E-state index in [1.807, 2.05) is 0 Å². The molecule has 94 valence electrons. The number of amides is 1. The summed E-state index contributed by atoms with van der Waals surface area (Å²) in [6.45, 7) is 1.58. The van der Waals surface area contributed by atoms with Crippen LogP contribution in [0.3, 0.4) is 0 Å². The lowest BCUT2D eigenvalue weighted by Crippen LogP contribution is -2.54. The number of anilines is 1. The number of hydrogen-bond donors (Lipinski definition) is 1. The maximum Gasteiger partial charge on any atom is 0.417 e. The first-order valence-corrected chi connectivity index (χ1v) is 5.05. The fourth-order valence-corrected chi connectivity index (χ4v) is 1.63. The summed E-state index contributed by atoms with van der Waals surface area (Å²) in [5, 5.41) is 0. The summed E-state index contributed by atoms with van der Waals surface area (Å²) in [6, 6.07) is 5.61. The summed E-state index contributed by atoms with van der Waals surface area (Å²) in [7, 11) is 0. The van der Waals surface area contributed by atoms with Gasteiger partial charge < -0.3 is 10.6 Å². The predicted octanol–water partition coefficient (Wildman–Crippen LogP) is 1.93. The second-order valence-corrected chi connectivity index (χ2v) is 3.47. The number of likely N-dealkylation sites (N-methyl/N-ethyl adjacent to an activating group) is 1. The molecule has 1 amide bonds. The molecule has 0 aliphatic rings. The van der Waals surface area contributed by atoms with Gasteiger partial charge in [0.25, 0.3) is 0 Å². The molecule has 0 bridgehead atoms. The molecule has 0 aliphatic heterocycles. The van der Waals surface area contributed by atoms with Crippen LogP contribution in [-0.4, -0.2) is 24.7 Å². The van der Waals surface area contributed by atoms with E-state index in [0.29, 0.717) is 5.69 Å². The van der Waals surface area contributed by atoms with Crippen LogP contribution in [0.15, 0.2) is 30.3 Å². The second-order valence-electron chi connectivity index (χ2n) is 3.47. The van der Waals surface area contributed by atoms with E-state index in [9.17, 15) is 18.0 Å². The van der Waals surface area contributed by atoms with E-state index in [0.717, 1.165) is 4.90 Å². The molecular weight excluding hydrogens is 233 g/mol. The average molecular weight is 246 g/mol. The van der Waals surface area contributed by atoms with Gasteiger partial charge in [0.15, 0.2) is 0 Å². The molecule has 0 aromatic heterocycles. The fourth-order valence-electron chi connectivity index (χ4n) is 1.63. The summed E-state index contributed by atoms with van der Waals surface area (Å²) in [5.41, 5.74) is 5.15. The molecule has 1 aromatic carbocycles. The van der Waals surface area contributed by atoms with Crippen LogP contribution in [0.1, 0.15) is 6.92 Å². The van der Waals surface area contributed by atoms with Gasteiger partial charge in [0.05, 0.1) is 0 Å². The highest BCUT2D eigenvalue weighted by atomic mass is 19.4. The molecule has 0 saturated carbocycles. The van der Waals surface area contributed by atoms with E-state index in [-0.39, 0.29) is 6.54 Å². The van der Waals surface area contributed by atoms with Crippen LogP contribution in [0.4, 0.5) is 18.9 Å². The van der Waals surface area contributed by atoms with Gasteiger partial charge in [-0.3, -0.25) is 4.79 Å². The Morgan fingerprint density at radius 3 is 2.24 bits per heavy atom. The lowest BCUT2D eigenvalue weighted by molar-refractivity contribution is -0.161. The molecule has 1 rings (SSSR count). The van der Waals surface area contributed by atoms with Crippen molar-refractivity contribution in [2.75, 3.05) is 11.4 Å². The maximum atomic E-state index is 12.8. The van der Waals surface area contributed by atoms with Gasteiger partial charge in [-0.1, -0.05) is 18.2 Å². The lowest BCUT2D eigenvalue weighted by atomic mass is 10.2. The minimum Gasteiger partial charge on any atom is -0.368 e. The van der Waals surface area contributed by atoms with E-state index < -0.39 is 18.1 Å². The number of alkyl halides is 3. The van der Waals surface area contributed by atoms with Crippen molar-refractivity contribution in [1.82, 2.24) is 0 Å². The standard InChI is InChI=1S/C11H13F3N2O/c1-2-16(8-6-4-3-5-7-8)9(10(15)17)11(12,13)14/h3-7,9H,2H2,1H3,(H2,15,17). The summed E-state index contributed by atoms with van der Waals surface area (Å²) in [5.74, 6) is -1.40. The molecule has 0 spiro atoms. The van der Waals surface area contributed by atoms with E-state index in [4.69, 9.17) is 5.73 Å². The molecule has 1 unspecified atom stereocenters. The van der Waals surface area contributed by atoms with Crippen molar-refractivity contribution in [2.24, 2.45) is 5.73 Å². The van der Waals surface area contributed by atoms with Crippen LogP contribution in [0.25, 0.3) is 0 Å². The van der Waals surface area contributed by atoms with E-state index in [2.05, 4.69) is 0 Å². The molecule has 17 heavy (non-hydrogen) atoms. The predicted molar refractivity (Wildman–Crippen MR) is 58.5 cm³/mol. The van der Waals surface area contributed by atoms with Crippen LogP contribution in [0.5, 0.6) is 0 Å². The number of carbonyl (C=O) groups excluding carboxylic acids is 1. The van der Waals surface area contributed by atoms with Gasteiger partial charge in [-0.15, -0.1) is 0 Å². The number of benzene rings is 1. The summed E-state index contributed by atoms with van der Waals surface area (Å²) in [4.78, 5) is 11.9. The van der Waals surface area contributed by atoms with Crippen molar-refractivity contribution >= 4 is 11.6 Å². The summed E-state index contributed by atoms with van der Waals surface area (Å²) >= 11 is 0. The SMILES string of the molecule is CCN(c1ccccc1)C(C(N)=O)C(F)(F)F. The Kier molecular flexibility index (Phi) is 3.98. The normalized spacial score (nSPS) is 13.2. The maximum absolute atomic E-state index is 12.8. The molecule has 3 nitrogen and oxygen atoms in total. The highest BCUT2D eigenvalue weighted by Gasteiger charge is 2.47. The zero-order valence-corrected chi connectivity index (χ0v) is 9.24. The third-order valence-electron chi connectivity index (χ3n) is 2.32. The topological polar surface area (TPSA) is 46.3 Å². The van der Waals surface area contributed by atoms with Gasteiger partial charge in [0.1, 0.15) is 0 Å². The van der Waals surface area contributed by atoms with Crippen LogP contribution >= 0.6 is 0 Å². The Balaban J connectivity index is 3.11.